The molecule has 146 valence electrons. The maximum atomic E-state index is 6.51. The Morgan fingerprint density at radius 1 is 1.00 bits per heavy atom. The fraction of sp³-hybridized carbons (Fsp3) is 0.238. The zero-order chi connectivity index (χ0) is 19.3. The minimum Gasteiger partial charge on any atom is -0.445 e. The average Bonchev–Trinajstić information content (AvgIpc) is 3.18. The molecule has 0 aliphatic heterocycles. The van der Waals surface area contributed by atoms with E-state index in [-0.39, 0.29) is 17.8 Å². The number of nitrogens with one attached hydrogen (secondary N) is 1. The van der Waals surface area contributed by atoms with Gasteiger partial charge < -0.3 is 9.40 Å². The summed E-state index contributed by atoms with van der Waals surface area (Å²) in [6.45, 7) is 8.08. The molecule has 0 atom stereocenters. The summed E-state index contributed by atoms with van der Waals surface area (Å²) in [4.78, 5) is 12.6. The van der Waals surface area contributed by atoms with Gasteiger partial charge in [-0.3, -0.25) is 0 Å². The molecule has 2 heterocycles. The van der Waals surface area contributed by atoms with E-state index >= 15 is 0 Å². The van der Waals surface area contributed by atoms with Crippen molar-refractivity contribution in [2.45, 2.75) is 33.1 Å². The van der Waals surface area contributed by atoms with Crippen LogP contribution >= 0.6 is 35.6 Å². The number of H-pyrrole nitrogens is 1. The number of oxazole rings is 1. The Kier molecular flexibility index (Phi) is 5.50. The Morgan fingerprint density at radius 3 is 2.36 bits per heavy atom. The summed E-state index contributed by atoms with van der Waals surface area (Å²) >= 11 is 12.9. The third kappa shape index (κ3) is 3.64. The highest BCUT2D eigenvalue weighted by atomic mass is 35.5. The Bertz CT molecular complexity index is 1160. The van der Waals surface area contributed by atoms with Crippen LogP contribution in [-0.4, -0.2) is 15.0 Å². The number of halogens is 3. The first-order valence-corrected chi connectivity index (χ1v) is 9.42. The van der Waals surface area contributed by atoms with Gasteiger partial charge in [0.15, 0.2) is 11.7 Å². The lowest BCUT2D eigenvalue weighted by molar-refractivity contribution is 0.380. The molecule has 2 aromatic heterocycles. The van der Waals surface area contributed by atoms with Gasteiger partial charge in [-0.05, 0) is 30.7 Å². The van der Waals surface area contributed by atoms with Gasteiger partial charge in [0.2, 0.25) is 0 Å². The van der Waals surface area contributed by atoms with Gasteiger partial charge in [0.25, 0.3) is 0 Å². The highest BCUT2D eigenvalue weighted by Crippen LogP contribution is 2.35. The number of rotatable bonds is 2. The lowest BCUT2D eigenvalue weighted by Gasteiger charge is -2.11. The van der Waals surface area contributed by atoms with E-state index in [1.165, 1.54) is 0 Å². The minimum atomic E-state index is -0.177. The molecule has 4 nitrogen and oxygen atoms in total. The van der Waals surface area contributed by atoms with E-state index in [2.05, 4.69) is 35.7 Å². The third-order valence-corrected chi connectivity index (χ3v) is 5.01. The van der Waals surface area contributed by atoms with Crippen molar-refractivity contribution in [3.63, 3.8) is 0 Å². The molecule has 1 N–H and O–H groups in total. The summed E-state index contributed by atoms with van der Waals surface area (Å²) in [7, 11) is 0. The molecule has 0 unspecified atom stereocenters. The monoisotopic (exact) mass is 435 g/mol. The van der Waals surface area contributed by atoms with Crippen LogP contribution in [0.1, 0.15) is 32.4 Å². The summed E-state index contributed by atoms with van der Waals surface area (Å²) in [5.41, 5.74) is 3.90. The normalized spacial score (nSPS) is 11.6. The van der Waals surface area contributed by atoms with Crippen LogP contribution in [0.15, 0.2) is 40.8 Å². The second kappa shape index (κ2) is 7.43. The maximum absolute atomic E-state index is 6.51. The molecule has 7 heteroatoms. The van der Waals surface area contributed by atoms with Crippen LogP contribution in [0, 0.1) is 6.92 Å². The van der Waals surface area contributed by atoms with Crippen molar-refractivity contribution in [1.82, 2.24) is 15.0 Å². The van der Waals surface area contributed by atoms with E-state index in [9.17, 15) is 0 Å². The van der Waals surface area contributed by atoms with Crippen molar-refractivity contribution in [2.24, 2.45) is 0 Å². The molecule has 2 aromatic carbocycles. The van der Waals surface area contributed by atoms with Crippen LogP contribution in [0.2, 0.25) is 10.0 Å². The molecule has 0 fully saturated rings. The van der Waals surface area contributed by atoms with Gasteiger partial charge in [-0.1, -0.05) is 62.2 Å². The molecular weight excluding hydrogens is 417 g/mol. The summed E-state index contributed by atoms with van der Waals surface area (Å²) in [5.74, 6) is 2.04. The topological polar surface area (TPSA) is 54.7 Å². The van der Waals surface area contributed by atoms with Gasteiger partial charge in [-0.25, -0.2) is 9.97 Å². The number of aromatic amines is 1. The maximum Gasteiger partial charge on any atom is 0.200 e. The second-order valence-corrected chi connectivity index (χ2v) is 8.41. The zero-order valence-corrected chi connectivity index (χ0v) is 18.3. The second-order valence-electron chi connectivity index (χ2n) is 7.59. The Balaban J connectivity index is 0.00000225. The van der Waals surface area contributed by atoms with Crippen molar-refractivity contribution >= 4 is 46.6 Å². The highest BCUT2D eigenvalue weighted by Gasteiger charge is 2.24. The van der Waals surface area contributed by atoms with Crippen molar-refractivity contribution in [2.75, 3.05) is 0 Å². The standard InChI is InChI=1S/C21H19Cl2N3O.ClH/c1-11-17(26-20(27-11)21(2,3)4)19-24-16-10-12(9-15(23)18(16)25-19)13-7-5-6-8-14(13)22;/h5-10H,1-4H3,(H,24,25);1H. The van der Waals surface area contributed by atoms with Crippen molar-refractivity contribution < 1.29 is 4.42 Å². The quantitative estimate of drug-likeness (QED) is 0.361. The van der Waals surface area contributed by atoms with E-state index in [1.54, 1.807) is 0 Å². The number of benzene rings is 2. The number of fused-ring (bicyclic) bond motifs is 1. The fourth-order valence-corrected chi connectivity index (χ4v) is 3.48. The SMILES string of the molecule is Cc1oc(C(C)(C)C)nc1-c1nc2c(Cl)cc(-c3ccccc3Cl)cc2[nH]1.Cl. The summed E-state index contributed by atoms with van der Waals surface area (Å²) in [5, 5.41) is 1.23. The minimum absolute atomic E-state index is 0. The number of imidazole rings is 1. The molecule has 0 radical (unpaired) electrons. The van der Waals surface area contributed by atoms with Gasteiger partial charge in [0.1, 0.15) is 17.0 Å². The Hall–Kier alpha value is -2.01. The van der Waals surface area contributed by atoms with E-state index in [4.69, 9.17) is 27.6 Å². The van der Waals surface area contributed by atoms with Crippen molar-refractivity contribution in [3.05, 3.63) is 58.1 Å². The number of aryl methyl sites for hydroxylation is 1. The molecular formula is C21H20Cl3N3O. The number of nitrogens with zero attached hydrogens (tertiary/aromatic N) is 2. The van der Waals surface area contributed by atoms with E-state index < -0.39 is 0 Å². The smallest absolute Gasteiger partial charge is 0.200 e. The van der Waals surface area contributed by atoms with Crippen molar-refractivity contribution in [3.8, 4) is 22.6 Å². The molecule has 0 bridgehead atoms. The molecule has 0 amide bonds. The molecule has 4 rings (SSSR count). The molecule has 0 aliphatic carbocycles. The number of hydrogen-bond acceptors (Lipinski definition) is 3. The van der Waals surface area contributed by atoms with Crippen LogP contribution in [0.4, 0.5) is 0 Å². The predicted molar refractivity (Wildman–Crippen MR) is 118 cm³/mol. The largest absolute Gasteiger partial charge is 0.445 e. The van der Waals surface area contributed by atoms with Gasteiger partial charge in [-0.15, -0.1) is 12.4 Å². The molecule has 0 saturated carbocycles. The van der Waals surface area contributed by atoms with Gasteiger partial charge in [0, 0.05) is 16.0 Å². The van der Waals surface area contributed by atoms with E-state index in [0.29, 0.717) is 33.0 Å². The first kappa shape index (κ1) is 20.7. The van der Waals surface area contributed by atoms with E-state index in [1.807, 2.05) is 43.3 Å². The summed E-state index contributed by atoms with van der Waals surface area (Å²) < 4.78 is 5.85. The van der Waals surface area contributed by atoms with Crippen LogP contribution < -0.4 is 0 Å². The zero-order valence-electron chi connectivity index (χ0n) is 15.9. The number of aromatic nitrogens is 3. The predicted octanol–water partition coefficient (Wildman–Crippen LogP) is 7.22. The van der Waals surface area contributed by atoms with Crippen LogP contribution in [-0.2, 0) is 5.41 Å². The van der Waals surface area contributed by atoms with Crippen molar-refractivity contribution in [1.29, 1.82) is 0 Å². The first-order valence-electron chi connectivity index (χ1n) is 8.66. The lowest BCUT2D eigenvalue weighted by atomic mass is 9.97. The molecule has 28 heavy (non-hydrogen) atoms. The van der Waals surface area contributed by atoms with Crippen LogP contribution in [0.5, 0.6) is 0 Å². The molecule has 4 aromatic rings. The summed E-state index contributed by atoms with van der Waals surface area (Å²) in [6, 6.07) is 11.6. The fourth-order valence-electron chi connectivity index (χ4n) is 2.98. The molecule has 0 saturated heterocycles. The van der Waals surface area contributed by atoms with E-state index in [0.717, 1.165) is 22.4 Å². The third-order valence-electron chi connectivity index (χ3n) is 4.39. The molecule has 0 aliphatic rings. The van der Waals surface area contributed by atoms with Crippen LogP contribution in [0.3, 0.4) is 0 Å². The highest BCUT2D eigenvalue weighted by molar-refractivity contribution is 6.36. The summed E-state index contributed by atoms with van der Waals surface area (Å²) in [6.07, 6.45) is 0. The van der Waals surface area contributed by atoms with Gasteiger partial charge in [0.05, 0.1) is 10.5 Å². The Labute approximate surface area is 179 Å². The molecule has 0 spiro atoms. The van der Waals surface area contributed by atoms with Gasteiger partial charge in [-0.2, -0.15) is 0 Å². The number of hydrogen-bond donors (Lipinski definition) is 1. The first-order chi connectivity index (χ1) is 12.7. The van der Waals surface area contributed by atoms with Crippen LogP contribution in [0.25, 0.3) is 33.7 Å². The Morgan fingerprint density at radius 2 is 1.71 bits per heavy atom. The van der Waals surface area contributed by atoms with Gasteiger partial charge >= 0.3 is 0 Å². The average molecular weight is 437 g/mol. The lowest BCUT2D eigenvalue weighted by Crippen LogP contribution is -2.11.